The van der Waals surface area contributed by atoms with Crippen LogP contribution in [-0.4, -0.2) is 22.0 Å². The van der Waals surface area contributed by atoms with Gasteiger partial charge in [-0.25, -0.2) is 0 Å². The molecule has 0 saturated carbocycles. The zero-order chi connectivity index (χ0) is 15.7. The Kier molecular flexibility index (Phi) is 4.07. The maximum Gasteiger partial charge on any atom is 0.267 e. The highest BCUT2D eigenvalue weighted by molar-refractivity contribution is 9.10. The largest absolute Gasteiger partial charge is 0.361 e. The highest BCUT2D eigenvalue weighted by Gasteiger charge is 2.11. The van der Waals surface area contributed by atoms with E-state index >= 15 is 0 Å². The highest BCUT2D eigenvalue weighted by Crippen LogP contribution is 2.19. The molecule has 0 fully saturated rings. The van der Waals surface area contributed by atoms with Crippen molar-refractivity contribution in [3.05, 3.63) is 58.0 Å². The zero-order valence-corrected chi connectivity index (χ0v) is 14.2. The van der Waals surface area contributed by atoms with Crippen molar-refractivity contribution >= 4 is 32.7 Å². The van der Waals surface area contributed by atoms with Gasteiger partial charge in [0.1, 0.15) is 5.69 Å². The summed E-state index contributed by atoms with van der Waals surface area (Å²) in [6, 6.07) is 8.20. The predicted molar refractivity (Wildman–Crippen MR) is 92.2 cm³/mol. The maximum absolute atomic E-state index is 12.2. The molecule has 0 aliphatic carbocycles. The quantitative estimate of drug-likeness (QED) is 0.735. The second-order valence-corrected chi connectivity index (χ2v) is 6.44. The Balaban J connectivity index is 1.65. The van der Waals surface area contributed by atoms with Crippen LogP contribution in [-0.2, 0) is 13.5 Å². The fourth-order valence-electron chi connectivity index (χ4n) is 2.66. The smallest absolute Gasteiger partial charge is 0.267 e. The van der Waals surface area contributed by atoms with Gasteiger partial charge in [0.2, 0.25) is 0 Å². The zero-order valence-electron chi connectivity index (χ0n) is 12.6. The van der Waals surface area contributed by atoms with Crippen molar-refractivity contribution in [2.45, 2.75) is 13.3 Å². The fourth-order valence-corrected chi connectivity index (χ4v) is 3.18. The Labute approximate surface area is 137 Å². The summed E-state index contributed by atoms with van der Waals surface area (Å²) in [6.07, 6.45) is 4.70. The third-order valence-electron chi connectivity index (χ3n) is 3.81. The number of rotatable bonds is 4. The van der Waals surface area contributed by atoms with Gasteiger partial charge in [-0.3, -0.25) is 4.79 Å². The van der Waals surface area contributed by atoms with E-state index in [9.17, 15) is 4.79 Å². The molecule has 0 saturated heterocycles. The summed E-state index contributed by atoms with van der Waals surface area (Å²) < 4.78 is 2.72. The second-order valence-electron chi connectivity index (χ2n) is 5.52. The number of fused-ring (bicyclic) bond motifs is 1. The first-order valence-corrected chi connectivity index (χ1v) is 8.00. The van der Waals surface area contributed by atoms with Gasteiger partial charge in [-0.15, -0.1) is 0 Å². The van der Waals surface area contributed by atoms with Gasteiger partial charge in [-0.2, -0.15) is 0 Å². The minimum atomic E-state index is -0.0520. The lowest BCUT2D eigenvalue weighted by atomic mass is 10.1. The van der Waals surface area contributed by atoms with Crippen LogP contribution in [0.3, 0.4) is 0 Å². The SMILES string of the molecule is Cc1ccc2c(CCNC(=O)c3cc(Br)cn3C)c[nH]c2c1. The lowest BCUT2D eigenvalue weighted by Crippen LogP contribution is -2.27. The molecule has 3 rings (SSSR count). The summed E-state index contributed by atoms with van der Waals surface area (Å²) in [4.78, 5) is 15.4. The number of carbonyl (C=O) groups is 1. The number of nitrogens with zero attached hydrogens (tertiary/aromatic N) is 1. The molecule has 0 atom stereocenters. The molecule has 0 aliphatic heterocycles. The van der Waals surface area contributed by atoms with E-state index in [0.29, 0.717) is 12.2 Å². The number of amides is 1. The van der Waals surface area contributed by atoms with Gasteiger partial charge in [-0.05, 0) is 52.5 Å². The molecule has 0 bridgehead atoms. The monoisotopic (exact) mass is 359 g/mol. The number of aryl methyl sites for hydroxylation is 2. The molecular formula is C17H18BrN3O. The minimum absolute atomic E-state index is 0.0520. The Hall–Kier alpha value is -2.01. The normalized spacial score (nSPS) is 11.0. The number of nitrogens with one attached hydrogen (secondary N) is 2. The number of aromatic nitrogens is 2. The Morgan fingerprint density at radius 3 is 2.91 bits per heavy atom. The number of H-pyrrole nitrogens is 1. The van der Waals surface area contributed by atoms with Gasteiger partial charge in [0.15, 0.2) is 0 Å². The highest BCUT2D eigenvalue weighted by atomic mass is 79.9. The van der Waals surface area contributed by atoms with Crippen molar-refractivity contribution in [1.82, 2.24) is 14.9 Å². The van der Waals surface area contributed by atoms with Gasteiger partial charge < -0.3 is 14.9 Å². The van der Waals surface area contributed by atoms with Crippen LogP contribution in [0.1, 0.15) is 21.6 Å². The summed E-state index contributed by atoms with van der Waals surface area (Å²) in [5, 5.41) is 4.20. The third kappa shape index (κ3) is 2.95. The van der Waals surface area contributed by atoms with Crippen LogP contribution in [0.15, 0.2) is 41.1 Å². The topological polar surface area (TPSA) is 49.8 Å². The standard InChI is InChI=1S/C17H18BrN3O/c1-11-3-4-14-12(9-20-15(14)7-11)5-6-19-17(22)16-8-13(18)10-21(16)2/h3-4,7-10,20H,5-6H2,1-2H3,(H,19,22). The summed E-state index contributed by atoms with van der Waals surface area (Å²) in [5.41, 5.74) is 4.26. The summed E-state index contributed by atoms with van der Waals surface area (Å²) in [5.74, 6) is -0.0520. The molecule has 0 spiro atoms. The molecule has 2 heterocycles. The van der Waals surface area contributed by atoms with Crippen LogP contribution in [0, 0.1) is 6.92 Å². The minimum Gasteiger partial charge on any atom is -0.361 e. The van der Waals surface area contributed by atoms with Crippen molar-refractivity contribution in [1.29, 1.82) is 0 Å². The molecule has 0 aliphatic rings. The number of hydrogen-bond donors (Lipinski definition) is 2. The van der Waals surface area contributed by atoms with Crippen LogP contribution in [0.5, 0.6) is 0 Å². The molecule has 2 N–H and O–H groups in total. The van der Waals surface area contributed by atoms with E-state index in [-0.39, 0.29) is 5.91 Å². The van der Waals surface area contributed by atoms with Crippen LogP contribution < -0.4 is 5.32 Å². The van der Waals surface area contributed by atoms with Crippen LogP contribution in [0.4, 0.5) is 0 Å². The Morgan fingerprint density at radius 2 is 2.18 bits per heavy atom. The number of benzene rings is 1. The van der Waals surface area contributed by atoms with Crippen molar-refractivity contribution < 1.29 is 4.79 Å². The molecule has 1 aromatic carbocycles. The van der Waals surface area contributed by atoms with Crippen LogP contribution in [0.25, 0.3) is 10.9 Å². The Morgan fingerprint density at radius 1 is 1.36 bits per heavy atom. The molecule has 2 aromatic heterocycles. The molecular weight excluding hydrogens is 342 g/mol. The predicted octanol–water partition coefficient (Wildman–Crippen LogP) is 3.55. The van der Waals surface area contributed by atoms with Crippen molar-refractivity contribution in [3.63, 3.8) is 0 Å². The molecule has 5 heteroatoms. The first-order chi connectivity index (χ1) is 10.5. The first-order valence-electron chi connectivity index (χ1n) is 7.21. The van der Waals surface area contributed by atoms with E-state index in [0.717, 1.165) is 16.4 Å². The van der Waals surface area contributed by atoms with Gasteiger partial charge >= 0.3 is 0 Å². The molecule has 4 nitrogen and oxygen atoms in total. The van der Waals surface area contributed by atoms with E-state index in [4.69, 9.17) is 0 Å². The van der Waals surface area contributed by atoms with Crippen molar-refractivity contribution in [2.75, 3.05) is 6.54 Å². The molecule has 22 heavy (non-hydrogen) atoms. The fraction of sp³-hybridized carbons (Fsp3) is 0.235. The first kappa shape index (κ1) is 14.9. The van der Waals surface area contributed by atoms with Gasteiger partial charge in [0, 0.05) is 41.4 Å². The average Bonchev–Trinajstić information content (AvgIpc) is 3.01. The third-order valence-corrected chi connectivity index (χ3v) is 4.24. The molecule has 0 radical (unpaired) electrons. The second kappa shape index (κ2) is 6.01. The summed E-state index contributed by atoms with van der Waals surface area (Å²) in [6.45, 7) is 2.70. The van der Waals surface area contributed by atoms with Gasteiger partial charge in [0.05, 0.1) is 0 Å². The van der Waals surface area contributed by atoms with Gasteiger partial charge in [0.25, 0.3) is 5.91 Å². The van der Waals surface area contributed by atoms with E-state index in [1.807, 2.05) is 30.1 Å². The lowest BCUT2D eigenvalue weighted by molar-refractivity contribution is 0.0946. The number of aromatic amines is 1. The molecule has 1 amide bonds. The number of carbonyl (C=O) groups excluding carboxylic acids is 1. The number of halogens is 1. The maximum atomic E-state index is 12.2. The average molecular weight is 360 g/mol. The van der Waals surface area contributed by atoms with E-state index in [1.54, 1.807) is 0 Å². The summed E-state index contributed by atoms with van der Waals surface area (Å²) in [7, 11) is 1.86. The van der Waals surface area contributed by atoms with Crippen LogP contribution >= 0.6 is 15.9 Å². The molecule has 114 valence electrons. The summed E-state index contributed by atoms with van der Waals surface area (Å²) >= 11 is 3.38. The van der Waals surface area contributed by atoms with Crippen molar-refractivity contribution in [3.8, 4) is 0 Å². The van der Waals surface area contributed by atoms with E-state index < -0.39 is 0 Å². The van der Waals surface area contributed by atoms with E-state index in [1.165, 1.54) is 16.5 Å². The van der Waals surface area contributed by atoms with Crippen molar-refractivity contribution in [2.24, 2.45) is 7.05 Å². The molecule has 3 aromatic rings. The lowest BCUT2D eigenvalue weighted by Gasteiger charge is -2.05. The van der Waals surface area contributed by atoms with E-state index in [2.05, 4.69) is 51.4 Å². The van der Waals surface area contributed by atoms with Gasteiger partial charge in [-0.1, -0.05) is 12.1 Å². The molecule has 0 unspecified atom stereocenters. The van der Waals surface area contributed by atoms with Crippen LogP contribution in [0.2, 0.25) is 0 Å². The Bertz CT molecular complexity index is 832. The number of hydrogen-bond acceptors (Lipinski definition) is 1.